The monoisotopic (exact) mass is 384 g/mol. The Balaban J connectivity index is 1.50. The van der Waals surface area contributed by atoms with E-state index in [1.807, 2.05) is 37.4 Å². The summed E-state index contributed by atoms with van der Waals surface area (Å²) in [5, 5.41) is 11.3. The van der Waals surface area contributed by atoms with Crippen LogP contribution < -0.4 is 10.6 Å². The third kappa shape index (κ3) is 3.77. The Labute approximate surface area is 162 Å². The quantitative estimate of drug-likeness (QED) is 0.724. The third-order valence-electron chi connectivity index (χ3n) is 5.00. The van der Waals surface area contributed by atoms with Gasteiger partial charge in [-0.2, -0.15) is 5.10 Å². The number of aryl methyl sites for hydroxylation is 1. The molecule has 3 aromatic rings. The number of amides is 1. The summed E-state index contributed by atoms with van der Waals surface area (Å²) in [6.07, 6.45) is 2.65. The number of carbonyl (C=O) groups is 1. The summed E-state index contributed by atoms with van der Waals surface area (Å²) in [4.78, 5) is 12.7. The van der Waals surface area contributed by atoms with E-state index >= 15 is 0 Å². The van der Waals surface area contributed by atoms with Crippen LogP contribution in [0.25, 0.3) is 11.5 Å². The smallest absolute Gasteiger partial charge is 0.287 e. The van der Waals surface area contributed by atoms with Crippen LogP contribution in [0, 0.1) is 0 Å². The highest BCUT2D eigenvalue weighted by Gasteiger charge is 2.28. The molecule has 6 nitrogen and oxygen atoms in total. The maximum atomic E-state index is 12.7. The first kappa shape index (κ1) is 17.8. The standard InChI is InChI=1S/C20H21ClN4O2/c1-25-17(9-11-23-25)18-6-7-19(27-18)20(26)24-16-12-22-10-8-15(16)13-2-4-14(21)5-3-13/h2-7,9,11,15-16,22H,8,10,12H2,1H3,(H,24,26)/t15-,16+/m0/s1. The van der Waals surface area contributed by atoms with Gasteiger partial charge in [0.15, 0.2) is 11.5 Å². The van der Waals surface area contributed by atoms with E-state index in [0.29, 0.717) is 23.1 Å². The van der Waals surface area contributed by atoms with Gasteiger partial charge in [0.05, 0.1) is 0 Å². The predicted molar refractivity (Wildman–Crippen MR) is 104 cm³/mol. The maximum absolute atomic E-state index is 12.7. The summed E-state index contributed by atoms with van der Waals surface area (Å²) >= 11 is 6.01. The van der Waals surface area contributed by atoms with Gasteiger partial charge in [0.2, 0.25) is 0 Å². The molecule has 0 bridgehead atoms. The molecular formula is C20H21ClN4O2. The number of aromatic nitrogens is 2. The van der Waals surface area contributed by atoms with E-state index in [1.165, 1.54) is 5.56 Å². The zero-order valence-electron chi connectivity index (χ0n) is 15.0. The van der Waals surface area contributed by atoms with Crippen molar-refractivity contribution in [1.29, 1.82) is 0 Å². The lowest BCUT2D eigenvalue weighted by molar-refractivity contribution is 0.0897. The average Bonchev–Trinajstić information content (AvgIpc) is 3.32. The number of halogens is 1. The van der Waals surface area contributed by atoms with Crippen LogP contribution in [0.15, 0.2) is 53.1 Å². The van der Waals surface area contributed by atoms with Gasteiger partial charge < -0.3 is 15.1 Å². The van der Waals surface area contributed by atoms with E-state index < -0.39 is 0 Å². The van der Waals surface area contributed by atoms with Crippen molar-refractivity contribution in [3.05, 3.63) is 65.0 Å². The molecule has 0 unspecified atom stereocenters. The molecule has 1 amide bonds. The van der Waals surface area contributed by atoms with Crippen molar-refractivity contribution in [2.45, 2.75) is 18.4 Å². The second-order valence-corrected chi connectivity index (χ2v) is 7.17. The summed E-state index contributed by atoms with van der Waals surface area (Å²) in [6.45, 7) is 1.64. The molecule has 1 saturated heterocycles. The van der Waals surface area contributed by atoms with Crippen molar-refractivity contribution < 1.29 is 9.21 Å². The first-order chi connectivity index (χ1) is 13.1. The van der Waals surface area contributed by atoms with E-state index in [9.17, 15) is 4.79 Å². The molecule has 7 heteroatoms. The molecule has 0 aliphatic carbocycles. The van der Waals surface area contributed by atoms with Gasteiger partial charge in [0, 0.05) is 36.8 Å². The normalized spacial score (nSPS) is 19.8. The highest BCUT2D eigenvalue weighted by Crippen LogP contribution is 2.27. The minimum absolute atomic E-state index is 0.0160. The van der Waals surface area contributed by atoms with E-state index in [0.717, 1.165) is 18.7 Å². The fourth-order valence-corrected chi connectivity index (χ4v) is 3.70. The molecule has 1 fully saturated rings. The maximum Gasteiger partial charge on any atom is 0.287 e. The SMILES string of the molecule is Cn1nccc1-c1ccc(C(=O)N[C@@H]2CNCC[C@H]2c2ccc(Cl)cc2)o1. The van der Waals surface area contributed by atoms with Crippen molar-refractivity contribution in [3.8, 4) is 11.5 Å². The fourth-order valence-electron chi connectivity index (χ4n) is 3.57. The molecule has 27 heavy (non-hydrogen) atoms. The van der Waals surface area contributed by atoms with Gasteiger partial charge in [-0.05, 0) is 48.9 Å². The van der Waals surface area contributed by atoms with Gasteiger partial charge in [0.1, 0.15) is 5.69 Å². The van der Waals surface area contributed by atoms with Crippen LogP contribution in [0.2, 0.25) is 5.02 Å². The molecule has 1 aliphatic heterocycles. The van der Waals surface area contributed by atoms with Crippen LogP contribution in [0.5, 0.6) is 0 Å². The molecule has 3 heterocycles. The van der Waals surface area contributed by atoms with Crippen LogP contribution >= 0.6 is 11.6 Å². The second-order valence-electron chi connectivity index (χ2n) is 6.73. The average molecular weight is 385 g/mol. The van der Waals surface area contributed by atoms with Crippen molar-refractivity contribution >= 4 is 17.5 Å². The Kier molecular flexibility index (Phi) is 5.01. The molecule has 0 saturated carbocycles. The molecule has 2 N–H and O–H groups in total. The van der Waals surface area contributed by atoms with Gasteiger partial charge in [-0.15, -0.1) is 0 Å². The van der Waals surface area contributed by atoms with Gasteiger partial charge in [-0.3, -0.25) is 9.48 Å². The van der Waals surface area contributed by atoms with Gasteiger partial charge in [0.25, 0.3) is 5.91 Å². The molecule has 2 aromatic heterocycles. The summed E-state index contributed by atoms with van der Waals surface area (Å²) < 4.78 is 7.47. The summed E-state index contributed by atoms with van der Waals surface area (Å²) in [6, 6.07) is 13.2. The Bertz CT molecular complexity index is 932. The molecule has 4 rings (SSSR count). The Morgan fingerprint density at radius 2 is 2.07 bits per heavy atom. The molecule has 1 aromatic carbocycles. The Hall–Kier alpha value is -2.57. The summed E-state index contributed by atoms with van der Waals surface area (Å²) in [7, 11) is 1.84. The minimum Gasteiger partial charge on any atom is -0.449 e. The molecule has 0 radical (unpaired) electrons. The first-order valence-electron chi connectivity index (χ1n) is 8.97. The van der Waals surface area contributed by atoms with Crippen molar-refractivity contribution in [2.24, 2.45) is 7.05 Å². The largest absolute Gasteiger partial charge is 0.449 e. The van der Waals surface area contributed by atoms with E-state index in [2.05, 4.69) is 15.7 Å². The number of nitrogens with one attached hydrogen (secondary N) is 2. The Morgan fingerprint density at radius 1 is 1.26 bits per heavy atom. The van der Waals surface area contributed by atoms with E-state index in [-0.39, 0.29) is 17.9 Å². The highest BCUT2D eigenvalue weighted by atomic mass is 35.5. The lowest BCUT2D eigenvalue weighted by Crippen LogP contribution is -2.49. The lowest BCUT2D eigenvalue weighted by atomic mass is 9.86. The topological polar surface area (TPSA) is 72.1 Å². The Morgan fingerprint density at radius 3 is 2.81 bits per heavy atom. The number of nitrogens with zero attached hydrogens (tertiary/aromatic N) is 2. The lowest BCUT2D eigenvalue weighted by Gasteiger charge is -2.33. The summed E-state index contributed by atoms with van der Waals surface area (Å²) in [5.41, 5.74) is 2.01. The van der Waals surface area contributed by atoms with Crippen LogP contribution in [-0.4, -0.2) is 34.8 Å². The van der Waals surface area contributed by atoms with Crippen LogP contribution in [0.1, 0.15) is 28.5 Å². The number of piperidine rings is 1. The van der Waals surface area contributed by atoms with Gasteiger partial charge in [-0.1, -0.05) is 23.7 Å². The molecule has 0 spiro atoms. The van der Waals surface area contributed by atoms with Crippen molar-refractivity contribution in [1.82, 2.24) is 20.4 Å². The van der Waals surface area contributed by atoms with Gasteiger partial charge >= 0.3 is 0 Å². The third-order valence-corrected chi connectivity index (χ3v) is 5.25. The summed E-state index contributed by atoms with van der Waals surface area (Å²) in [5.74, 6) is 0.942. The zero-order valence-corrected chi connectivity index (χ0v) is 15.7. The van der Waals surface area contributed by atoms with E-state index in [1.54, 1.807) is 23.0 Å². The van der Waals surface area contributed by atoms with Crippen LogP contribution in [0.3, 0.4) is 0 Å². The number of carbonyl (C=O) groups excluding carboxylic acids is 1. The van der Waals surface area contributed by atoms with E-state index in [4.69, 9.17) is 16.0 Å². The number of benzene rings is 1. The van der Waals surface area contributed by atoms with Crippen molar-refractivity contribution in [2.75, 3.05) is 13.1 Å². The molecule has 140 valence electrons. The van der Waals surface area contributed by atoms with Crippen LogP contribution in [0.4, 0.5) is 0 Å². The second kappa shape index (κ2) is 7.58. The predicted octanol–water partition coefficient (Wildman–Crippen LogP) is 3.21. The zero-order chi connectivity index (χ0) is 18.8. The number of rotatable bonds is 4. The minimum atomic E-state index is -0.212. The molecular weight excluding hydrogens is 364 g/mol. The van der Waals surface area contributed by atoms with Crippen LogP contribution in [-0.2, 0) is 7.05 Å². The molecule has 1 aliphatic rings. The number of hydrogen-bond donors (Lipinski definition) is 2. The first-order valence-corrected chi connectivity index (χ1v) is 9.35. The highest BCUT2D eigenvalue weighted by molar-refractivity contribution is 6.30. The fraction of sp³-hybridized carbons (Fsp3) is 0.300. The van der Waals surface area contributed by atoms with Gasteiger partial charge in [-0.25, -0.2) is 0 Å². The molecule has 2 atom stereocenters. The number of furan rings is 1. The number of hydrogen-bond acceptors (Lipinski definition) is 4. The van der Waals surface area contributed by atoms with Crippen molar-refractivity contribution in [3.63, 3.8) is 0 Å².